The first-order valence-corrected chi connectivity index (χ1v) is 9.05. The Labute approximate surface area is 126 Å². The average molecular weight is 281 g/mol. The largest absolute Gasteiger partial charge is 0.370 e. The fourth-order valence-corrected chi connectivity index (χ4v) is 4.00. The smallest absolute Gasteiger partial charge is 0.0810 e. The van der Waals surface area contributed by atoms with Crippen molar-refractivity contribution in [1.82, 2.24) is 5.32 Å². The molecule has 2 fully saturated rings. The van der Waals surface area contributed by atoms with Crippen LogP contribution in [0.1, 0.15) is 85.0 Å². The highest BCUT2D eigenvalue weighted by Crippen LogP contribution is 2.37. The molecule has 0 aliphatic heterocycles. The minimum Gasteiger partial charge on any atom is -0.370 e. The Balaban J connectivity index is 1.92. The van der Waals surface area contributed by atoms with Crippen LogP contribution in [0.25, 0.3) is 0 Å². The molecule has 0 aromatic carbocycles. The molecule has 2 saturated carbocycles. The van der Waals surface area contributed by atoms with Crippen molar-refractivity contribution in [2.75, 3.05) is 6.54 Å². The number of hydrogen-bond donors (Lipinski definition) is 1. The normalized spacial score (nSPS) is 30.6. The molecule has 0 radical (unpaired) electrons. The van der Waals surface area contributed by atoms with Gasteiger partial charge >= 0.3 is 0 Å². The van der Waals surface area contributed by atoms with E-state index in [-0.39, 0.29) is 5.60 Å². The zero-order valence-corrected chi connectivity index (χ0v) is 13.9. The minimum atomic E-state index is 0.142. The summed E-state index contributed by atoms with van der Waals surface area (Å²) >= 11 is 0. The summed E-state index contributed by atoms with van der Waals surface area (Å²) in [6.45, 7) is 7.87. The molecule has 20 heavy (non-hydrogen) atoms. The van der Waals surface area contributed by atoms with Crippen molar-refractivity contribution >= 4 is 0 Å². The van der Waals surface area contributed by atoms with Crippen molar-refractivity contribution in [2.45, 2.75) is 103 Å². The standard InChI is InChI=1S/C18H35NO/c1-4-16-9-8-10-17(13-16)20-18(14-19-15(2)3)11-6-5-7-12-18/h15-17,19H,4-14H2,1-3H3. The predicted octanol–water partition coefficient (Wildman–Crippen LogP) is 4.67. The Morgan fingerprint density at radius 1 is 1.10 bits per heavy atom. The van der Waals surface area contributed by atoms with Gasteiger partial charge in [-0.15, -0.1) is 0 Å². The molecular weight excluding hydrogens is 246 g/mol. The summed E-state index contributed by atoms with van der Waals surface area (Å²) in [5.41, 5.74) is 0.142. The van der Waals surface area contributed by atoms with E-state index in [0.29, 0.717) is 12.1 Å². The fourth-order valence-electron chi connectivity index (χ4n) is 4.00. The van der Waals surface area contributed by atoms with Gasteiger partial charge in [0.1, 0.15) is 0 Å². The van der Waals surface area contributed by atoms with Gasteiger partial charge in [-0.1, -0.05) is 59.3 Å². The maximum atomic E-state index is 6.74. The molecular formula is C18H35NO. The molecule has 2 unspecified atom stereocenters. The van der Waals surface area contributed by atoms with E-state index >= 15 is 0 Å². The van der Waals surface area contributed by atoms with Crippen LogP contribution in [0.4, 0.5) is 0 Å². The van der Waals surface area contributed by atoms with Crippen molar-refractivity contribution in [1.29, 1.82) is 0 Å². The van der Waals surface area contributed by atoms with Gasteiger partial charge in [0.25, 0.3) is 0 Å². The number of hydrogen-bond acceptors (Lipinski definition) is 2. The minimum absolute atomic E-state index is 0.142. The zero-order chi connectivity index (χ0) is 14.4. The Hall–Kier alpha value is -0.0800. The van der Waals surface area contributed by atoms with Crippen molar-refractivity contribution in [3.63, 3.8) is 0 Å². The molecule has 0 bridgehead atoms. The van der Waals surface area contributed by atoms with Gasteiger partial charge in [-0.25, -0.2) is 0 Å². The molecule has 118 valence electrons. The van der Waals surface area contributed by atoms with Crippen LogP contribution in [0, 0.1) is 5.92 Å². The second-order valence-corrected chi connectivity index (χ2v) is 7.46. The molecule has 0 aromatic heterocycles. The third-order valence-corrected chi connectivity index (χ3v) is 5.33. The van der Waals surface area contributed by atoms with Crippen molar-refractivity contribution < 1.29 is 4.74 Å². The van der Waals surface area contributed by atoms with Crippen LogP contribution in [-0.2, 0) is 4.74 Å². The van der Waals surface area contributed by atoms with Crippen LogP contribution in [0.2, 0.25) is 0 Å². The molecule has 2 atom stereocenters. The SMILES string of the molecule is CCC1CCCC(OC2(CNC(C)C)CCCCC2)C1. The first kappa shape index (κ1) is 16.3. The Morgan fingerprint density at radius 3 is 2.50 bits per heavy atom. The predicted molar refractivity (Wildman–Crippen MR) is 86.1 cm³/mol. The lowest BCUT2D eigenvalue weighted by Crippen LogP contribution is -2.49. The quantitative estimate of drug-likeness (QED) is 0.763. The van der Waals surface area contributed by atoms with E-state index in [4.69, 9.17) is 4.74 Å². The van der Waals surface area contributed by atoms with Crippen LogP contribution in [0.15, 0.2) is 0 Å². The van der Waals surface area contributed by atoms with Gasteiger partial charge < -0.3 is 10.1 Å². The zero-order valence-electron chi connectivity index (χ0n) is 13.9. The second-order valence-electron chi connectivity index (χ2n) is 7.46. The summed E-state index contributed by atoms with van der Waals surface area (Å²) in [7, 11) is 0. The van der Waals surface area contributed by atoms with E-state index in [9.17, 15) is 0 Å². The lowest BCUT2D eigenvalue weighted by atomic mass is 9.82. The van der Waals surface area contributed by atoms with Gasteiger partial charge in [0.15, 0.2) is 0 Å². The van der Waals surface area contributed by atoms with Gasteiger partial charge in [-0.05, 0) is 31.6 Å². The maximum absolute atomic E-state index is 6.74. The topological polar surface area (TPSA) is 21.3 Å². The van der Waals surface area contributed by atoms with Gasteiger partial charge in [-0.2, -0.15) is 0 Å². The third-order valence-electron chi connectivity index (χ3n) is 5.33. The van der Waals surface area contributed by atoms with E-state index in [0.717, 1.165) is 12.5 Å². The van der Waals surface area contributed by atoms with Crippen molar-refractivity contribution in [2.24, 2.45) is 5.92 Å². The number of rotatable bonds is 6. The molecule has 2 nitrogen and oxygen atoms in total. The Morgan fingerprint density at radius 2 is 1.85 bits per heavy atom. The molecule has 2 heteroatoms. The van der Waals surface area contributed by atoms with Gasteiger partial charge in [0.2, 0.25) is 0 Å². The molecule has 0 aromatic rings. The Bertz CT molecular complexity index is 271. The lowest BCUT2D eigenvalue weighted by Gasteiger charge is -2.42. The lowest BCUT2D eigenvalue weighted by molar-refractivity contribution is -0.128. The van der Waals surface area contributed by atoms with Crippen molar-refractivity contribution in [3.8, 4) is 0 Å². The monoisotopic (exact) mass is 281 g/mol. The highest BCUT2D eigenvalue weighted by Gasteiger charge is 2.36. The third kappa shape index (κ3) is 4.73. The number of ether oxygens (including phenoxy) is 1. The second kappa shape index (κ2) is 7.79. The van der Waals surface area contributed by atoms with Gasteiger partial charge in [0, 0.05) is 12.6 Å². The molecule has 0 saturated heterocycles. The first-order chi connectivity index (χ1) is 9.63. The number of nitrogens with one attached hydrogen (secondary N) is 1. The summed E-state index contributed by atoms with van der Waals surface area (Å²) in [6.07, 6.45) is 13.9. The average Bonchev–Trinajstić information content (AvgIpc) is 2.46. The molecule has 0 amide bonds. The first-order valence-electron chi connectivity index (χ1n) is 9.05. The van der Waals surface area contributed by atoms with Gasteiger partial charge in [-0.3, -0.25) is 0 Å². The molecule has 2 aliphatic rings. The van der Waals surface area contributed by atoms with E-state index < -0.39 is 0 Å². The molecule has 0 spiro atoms. The van der Waals surface area contributed by atoms with E-state index in [1.807, 2.05) is 0 Å². The van der Waals surface area contributed by atoms with Crippen LogP contribution in [0.3, 0.4) is 0 Å². The Kier molecular flexibility index (Phi) is 6.35. The molecule has 2 rings (SSSR count). The van der Waals surface area contributed by atoms with E-state index in [1.165, 1.54) is 64.2 Å². The van der Waals surface area contributed by atoms with E-state index in [1.54, 1.807) is 0 Å². The van der Waals surface area contributed by atoms with Crippen molar-refractivity contribution in [3.05, 3.63) is 0 Å². The van der Waals surface area contributed by atoms with Gasteiger partial charge in [0.05, 0.1) is 11.7 Å². The summed E-state index contributed by atoms with van der Waals surface area (Å²) in [5, 5.41) is 3.65. The summed E-state index contributed by atoms with van der Waals surface area (Å²) in [4.78, 5) is 0. The van der Waals surface area contributed by atoms with Crippen LogP contribution in [0.5, 0.6) is 0 Å². The van der Waals surface area contributed by atoms with E-state index in [2.05, 4.69) is 26.1 Å². The highest BCUT2D eigenvalue weighted by atomic mass is 16.5. The maximum Gasteiger partial charge on any atom is 0.0810 e. The molecule has 0 heterocycles. The highest BCUT2D eigenvalue weighted by molar-refractivity contribution is 4.89. The fraction of sp³-hybridized carbons (Fsp3) is 1.00. The van der Waals surface area contributed by atoms with Crippen LogP contribution >= 0.6 is 0 Å². The van der Waals surface area contributed by atoms with Crippen LogP contribution < -0.4 is 5.32 Å². The summed E-state index contributed by atoms with van der Waals surface area (Å²) < 4.78 is 6.74. The van der Waals surface area contributed by atoms with Crippen LogP contribution in [-0.4, -0.2) is 24.3 Å². The summed E-state index contributed by atoms with van der Waals surface area (Å²) in [6, 6.07) is 0.562. The summed E-state index contributed by atoms with van der Waals surface area (Å²) in [5.74, 6) is 0.910. The molecule has 2 aliphatic carbocycles. The molecule has 1 N–H and O–H groups in total.